The van der Waals surface area contributed by atoms with E-state index in [1.54, 1.807) is 81.6 Å². The van der Waals surface area contributed by atoms with E-state index in [0.717, 1.165) is 25.7 Å². The predicted molar refractivity (Wildman–Crippen MR) is 401 cm³/mol. The van der Waals surface area contributed by atoms with Crippen LogP contribution in [0.5, 0.6) is 23.0 Å². The lowest BCUT2D eigenvalue weighted by Crippen LogP contribution is -2.21. The molecule has 17 rings (SSSR count). The van der Waals surface area contributed by atoms with E-state index in [1.165, 1.54) is 127 Å². The van der Waals surface area contributed by atoms with E-state index in [9.17, 15) is 19.2 Å². The molecule has 4 heterocycles. The Morgan fingerprint density at radius 2 is 0.650 bits per heavy atom. The maximum absolute atomic E-state index is 16.0. The minimum atomic E-state index is -0.388. The maximum atomic E-state index is 16.0. The third-order valence-electron chi connectivity index (χ3n) is 21.8. The molecule has 0 atom stereocenters. The van der Waals surface area contributed by atoms with Gasteiger partial charge in [-0.15, -0.1) is 0 Å². The van der Waals surface area contributed by atoms with E-state index in [4.69, 9.17) is 19.4 Å². The molecule has 0 amide bonds. The molecule has 0 spiro atoms. The molecule has 0 aliphatic heterocycles. The fourth-order valence-electron chi connectivity index (χ4n) is 16.7. The number of rotatable bonds is 26. The molecule has 12 nitrogen and oxygen atoms in total. The molecule has 4 aromatic heterocycles. The molecule has 12 heteroatoms. The number of carbonyl (C=O) groups is 4. The van der Waals surface area contributed by atoms with Crippen molar-refractivity contribution < 1.29 is 28.7 Å². The third kappa shape index (κ3) is 10.3. The number of unbranched alkanes of at least 4 members (excludes halogenated alkanes) is 18. The third-order valence-corrected chi connectivity index (χ3v) is 21.8. The average molecular weight is 1320 g/mol. The summed E-state index contributed by atoms with van der Waals surface area (Å²) in [6.07, 6.45) is 27.1. The highest BCUT2D eigenvalue weighted by Crippen LogP contribution is 2.53. The van der Waals surface area contributed by atoms with E-state index >= 15 is 9.59 Å². The van der Waals surface area contributed by atoms with Crippen LogP contribution < -0.4 is 20.6 Å². The number of imidazole rings is 2. The van der Waals surface area contributed by atoms with Crippen molar-refractivity contribution in [2.45, 2.75) is 155 Å². The van der Waals surface area contributed by atoms with Gasteiger partial charge in [0.25, 0.3) is 11.1 Å². The summed E-state index contributed by atoms with van der Waals surface area (Å²) in [7, 11) is 0. The summed E-state index contributed by atoms with van der Waals surface area (Å²) in [4.78, 5) is 100. The first kappa shape index (κ1) is 62.8. The molecule has 0 radical (unpaired) electrons. The Hall–Kier alpha value is -10.7. The standard InChI is InChI=1S/C88H76N4O8/c1-3-5-7-9-11-13-15-17-19-21-27-51-33-37-53(38-34-51)99-69-49-65-71-63(85-89-79-67(91(85)87(65)97)47-45-61-77(79)83(95)57-31-25-23-29-55(57)81(61)93)44-42-60-74-70(100-54-39-35-52(36-40-54)28-22-20-18-16-14-12-10-8-6-4-2)50-66-72-64(43-41-59(76(72)74)73(69)75(60)71)86-90-80-68(92(86)88(66)98)48-46-62-78(80)84(96)58-32-26-24-30-56(58)82(62)94/h23-26,29-50H,3-22,27-28H2,1-2H3. The molecule has 0 N–H and O–H groups in total. The molecule has 2 aliphatic carbocycles. The van der Waals surface area contributed by atoms with Crippen LogP contribution in [0.2, 0.25) is 0 Å². The van der Waals surface area contributed by atoms with Crippen LogP contribution in [0.3, 0.4) is 0 Å². The zero-order valence-corrected chi connectivity index (χ0v) is 56.6. The molecular weight excluding hydrogens is 1240 g/mol. The van der Waals surface area contributed by atoms with Gasteiger partial charge >= 0.3 is 0 Å². The van der Waals surface area contributed by atoms with Gasteiger partial charge in [0, 0.05) is 76.5 Å². The monoisotopic (exact) mass is 1320 g/mol. The van der Waals surface area contributed by atoms with Crippen LogP contribution in [-0.2, 0) is 12.8 Å². The summed E-state index contributed by atoms with van der Waals surface area (Å²) in [5.41, 5.74) is 5.58. The summed E-state index contributed by atoms with van der Waals surface area (Å²) in [5.74, 6) is 0.683. The summed E-state index contributed by atoms with van der Waals surface area (Å²) in [6, 6.07) is 48.4. The van der Waals surface area contributed by atoms with Crippen LogP contribution in [0.15, 0.2) is 167 Å². The predicted octanol–water partition coefficient (Wildman–Crippen LogP) is 21.3. The van der Waals surface area contributed by atoms with Gasteiger partial charge in [-0.3, -0.25) is 37.6 Å². The highest BCUT2D eigenvalue weighted by atomic mass is 16.5. The van der Waals surface area contributed by atoms with Gasteiger partial charge in [0.2, 0.25) is 0 Å². The summed E-state index contributed by atoms with van der Waals surface area (Å²) in [6.45, 7) is 4.52. The van der Waals surface area contributed by atoms with Crippen LogP contribution in [0, 0.1) is 0 Å². The summed E-state index contributed by atoms with van der Waals surface area (Å²) >= 11 is 0. The van der Waals surface area contributed by atoms with Crippen LogP contribution in [-0.4, -0.2) is 41.9 Å². The minimum Gasteiger partial charge on any atom is -0.457 e. The average Bonchev–Trinajstić information content (AvgIpc) is 1.14. The van der Waals surface area contributed by atoms with Crippen molar-refractivity contribution in [3.8, 4) is 23.0 Å². The van der Waals surface area contributed by atoms with Gasteiger partial charge in [-0.25, -0.2) is 9.97 Å². The van der Waals surface area contributed by atoms with Crippen LogP contribution in [0.4, 0.5) is 0 Å². The number of pyridine rings is 2. The lowest BCUT2D eigenvalue weighted by atomic mass is 9.83. The Kier molecular flexibility index (Phi) is 16.2. The second kappa shape index (κ2) is 25.9. The van der Waals surface area contributed by atoms with Crippen LogP contribution >= 0.6 is 0 Å². The first-order valence-corrected chi connectivity index (χ1v) is 36.5. The quantitative estimate of drug-likeness (QED) is 0.0290. The minimum absolute atomic E-state index is 0.158. The number of hydrogen-bond donors (Lipinski definition) is 0. The molecule has 15 aromatic rings. The van der Waals surface area contributed by atoms with E-state index in [2.05, 4.69) is 38.1 Å². The van der Waals surface area contributed by atoms with Crippen molar-refractivity contribution in [1.29, 1.82) is 0 Å². The molecule has 0 bridgehead atoms. The second-order valence-electron chi connectivity index (χ2n) is 28.0. The number of ketones is 4. The van der Waals surface area contributed by atoms with Gasteiger partial charge in [0.05, 0.1) is 32.9 Å². The molecule has 100 heavy (non-hydrogen) atoms. The van der Waals surface area contributed by atoms with Gasteiger partial charge in [-0.05, 0) is 120 Å². The first-order chi connectivity index (χ1) is 49.1. The van der Waals surface area contributed by atoms with Gasteiger partial charge in [0.15, 0.2) is 23.1 Å². The maximum Gasteiger partial charge on any atom is 0.264 e. The van der Waals surface area contributed by atoms with Crippen molar-refractivity contribution in [3.63, 3.8) is 0 Å². The van der Waals surface area contributed by atoms with Crippen molar-refractivity contribution in [2.75, 3.05) is 0 Å². The highest BCUT2D eigenvalue weighted by molar-refractivity contribution is 6.43. The number of aryl methyl sites for hydroxylation is 2. The Labute approximate surface area is 577 Å². The Morgan fingerprint density at radius 1 is 0.310 bits per heavy atom. The molecule has 2 aliphatic rings. The zero-order valence-electron chi connectivity index (χ0n) is 56.6. The van der Waals surface area contributed by atoms with Crippen LogP contribution in [0.25, 0.3) is 98.0 Å². The molecule has 496 valence electrons. The molecule has 0 fully saturated rings. The second-order valence-corrected chi connectivity index (χ2v) is 28.0. The van der Waals surface area contributed by atoms with Gasteiger partial charge in [-0.1, -0.05) is 214 Å². The Bertz CT molecular complexity index is 5600. The normalized spacial score (nSPS) is 13.1. The summed E-state index contributed by atoms with van der Waals surface area (Å²) < 4.78 is 17.6. The fourth-order valence-corrected chi connectivity index (χ4v) is 16.7. The first-order valence-electron chi connectivity index (χ1n) is 36.5. The Balaban J connectivity index is 0.853. The largest absolute Gasteiger partial charge is 0.457 e. The number of ether oxygens (including phenoxy) is 2. The number of fused-ring (bicyclic) bond motifs is 16. The topological polar surface area (TPSA) is 155 Å². The van der Waals surface area contributed by atoms with Crippen LogP contribution in [0.1, 0.15) is 217 Å². The molecular formula is C88H76N4O8. The fraction of sp³-hybridized carbons (Fsp3) is 0.273. The number of benzene rings is 11. The lowest BCUT2D eigenvalue weighted by Gasteiger charge is -2.22. The number of aromatic nitrogens is 4. The van der Waals surface area contributed by atoms with Crippen molar-refractivity contribution >= 4 is 121 Å². The number of carbonyl (C=O) groups excluding carboxylic acids is 4. The van der Waals surface area contributed by atoms with Crippen molar-refractivity contribution in [2.24, 2.45) is 0 Å². The van der Waals surface area contributed by atoms with Crippen molar-refractivity contribution in [1.82, 2.24) is 18.8 Å². The van der Waals surface area contributed by atoms with Gasteiger partial charge < -0.3 is 9.47 Å². The van der Waals surface area contributed by atoms with E-state index in [0.29, 0.717) is 121 Å². The number of hydrogen-bond acceptors (Lipinski definition) is 10. The molecule has 0 saturated heterocycles. The van der Waals surface area contributed by atoms with Gasteiger partial charge in [-0.2, -0.15) is 0 Å². The number of nitrogens with zero attached hydrogens (tertiary/aromatic N) is 4. The molecule has 0 saturated carbocycles. The summed E-state index contributed by atoms with van der Waals surface area (Å²) in [5, 5.41) is 7.38. The SMILES string of the molecule is CCCCCCCCCCCCc1ccc(Oc2cc3c(=O)n4c5ccc6c(c5nc4c4ccc5c7c(Oc8ccc(CCCCCCCCCCCC)cc8)cc8c(=O)n9c%10ccc%11c(c%10nc9c9ccc(c2c5c34)c7c89)C(=O)c2ccccc2C%11=O)C(=O)c2ccccc2C6=O)cc1. The highest BCUT2D eigenvalue weighted by Gasteiger charge is 2.36. The smallest absolute Gasteiger partial charge is 0.264 e. The lowest BCUT2D eigenvalue weighted by molar-refractivity contribution is 0.0980. The van der Waals surface area contributed by atoms with E-state index in [1.807, 2.05) is 60.7 Å². The van der Waals surface area contributed by atoms with E-state index in [-0.39, 0.29) is 78.7 Å². The molecule has 11 aromatic carbocycles. The van der Waals surface area contributed by atoms with Crippen molar-refractivity contribution in [3.05, 3.63) is 234 Å². The Morgan fingerprint density at radius 3 is 1.02 bits per heavy atom. The van der Waals surface area contributed by atoms with Gasteiger partial charge in [0.1, 0.15) is 45.3 Å². The zero-order chi connectivity index (χ0) is 67.9. The van der Waals surface area contributed by atoms with E-state index < -0.39 is 0 Å². The molecule has 0 unspecified atom stereocenters.